The second-order valence-electron chi connectivity index (χ2n) is 2.55. The molecule has 1 saturated heterocycles. The summed E-state index contributed by atoms with van der Waals surface area (Å²) in [7, 11) is -3.22. The molecule has 0 aromatic rings. The Morgan fingerprint density at radius 2 is 2.18 bits per heavy atom. The Balaban J connectivity index is 2.41. The van der Waals surface area contributed by atoms with Crippen molar-refractivity contribution in [2.45, 2.75) is 25.4 Å². The van der Waals surface area contributed by atoms with Gasteiger partial charge >= 0.3 is 0 Å². The van der Waals surface area contributed by atoms with Crippen LogP contribution < -0.4 is 4.72 Å². The van der Waals surface area contributed by atoms with E-state index < -0.39 is 22.5 Å². The summed E-state index contributed by atoms with van der Waals surface area (Å²) in [5.41, 5.74) is 0. The van der Waals surface area contributed by atoms with Crippen molar-refractivity contribution in [2.24, 2.45) is 0 Å². The predicted molar refractivity (Wildman–Crippen MR) is 38.1 cm³/mol. The van der Waals surface area contributed by atoms with Gasteiger partial charge in [0.05, 0.1) is 6.26 Å². The van der Waals surface area contributed by atoms with Gasteiger partial charge in [-0.05, 0) is 6.42 Å². The van der Waals surface area contributed by atoms with Crippen molar-refractivity contribution in [3.8, 4) is 0 Å². The molecule has 1 aliphatic heterocycles. The van der Waals surface area contributed by atoms with E-state index in [0.717, 1.165) is 6.26 Å². The molecular weight excluding hydrogens is 170 g/mol. The van der Waals surface area contributed by atoms with E-state index in [9.17, 15) is 8.42 Å². The number of ether oxygens (including phenoxy) is 1. The average Bonchev–Trinajstić information content (AvgIpc) is 2.10. The molecule has 0 spiro atoms. The molecule has 0 aliphatic carbocycles. The third-order valence-corrected chi connectivity index (χ3v) is 2.03. The van der Waals surface area contributed by atoms with Crippen LogP contribution in [0.4, 0.5) is 0 Å². The van der Waals surface area contributed by atoms with Crippen LogP contribution in [0.5, 0.6) is 0 Å². The summed E-state index contributed by atoms with van der Waals surface area (Å²) < 4.78 is 28.3. The first kappa shape index (κ1) is 8.92. The first-order valence-corrected chi connectivity index (χ1v) is 5.17. The minimum Gasteiger partial charge on any atom is -0.368 e. The Kier molecular flexibility index (Phi) is 2.48. The molecule has 0 radical (unpaired) electrons. The number of aliphatic hydroxyl groups excluding tert-OH is 1. The quantitative estimate of drug-likeness (QED) is 0.572. The zero-order chi connectivity index (χ0) is 8.48. The van der Waals surface area contributed by atoms with E-state index in [-0.39, 0.29) is 0 Å². The number of aliphatic hydroxyl groups is 1. The summed E-state index contributed by atoms with van der Waals surface area (Å²) in [5.74, 6) is 0. The van der Waals surface area contributed by atoms with Gasteiger partial charge in [-0.25, -0.2) is 8.42 Å². The second-order valence-corrected chi connectivity index (χ2v) is 4.33. The Morgan fingerprint density at radius 3 is 2.55 bits per heavy atom. The molecule has 0 saturated carbocycles. The Morgan fingerprint density at radius 1 is 1.55 bits per heavy atom. The van der Waals surface area contributed by atoms with Crippen molar-refractivity contribution in [1.29, 1.82) is 0 Å². The van der Waals surface area contributed by atoms with Gasteiger partial charge in [0.2, 0.25) is 10.0 Å². The van der Waals surface area contributed by atoms with Gasteiger partial charge < -0.3 is 9.84 Å². The molecular formula is C5H11NO4S. The lowest BCUT2D eigenvalue weighted by atomic mass is 10.3. The first-order chi connectivity index (χ1) is 4.97. The van der Waals surface area contributed by atoms with Crippen LogP contribution in [-0.2, 0) is 14.8 Å². The highest BCUT2D eigenvalue weighted by Gasteiger charge is 2.25. The summed E-state index contributed by atoms with van der Waals surface area (Å²) >= 11 is 0. The average molecular weight is 181 g/mol. The van der Waals surface area contributed by atoms with Crippen LogP contribution in [0.1, 0.15) is 12.8 Å². The molecule has 1 aliphatic rings. The normalized spacial score (nSPS) is 32.5. The molecule has 1 fully saturated rings. The van der Waals surface area contributed by atoms with Gasteiger partial charge in [0.1, 0.15) is 6.23 Å². The van der Waals surface area contributed by atoms with Gasteiger partial charge in [0.25, 0.3) is 0 Å². The van der Waals surface area contributed by atoms with Crippen molar-refractivity contribution in [1.82, 2.24) is 4.72 Å². The lowest BCUT2D eigenvalue weighted by Gasteiger charge is -2.09. The smallest absolute Gasteiger partial charge is 0.210 e. The molecule has 11 heavy (non-hydrogen) atoms. The van der Waals surface area contributed by atoms with Gasteiger partial charge in [0.15, 0.2) is 6.29 Å². The fraction of sp³-hybridized carbons (Fsp3) is 1.00. The molecule has 6 heteroatoms. The van der Waals surface area contributed by atoms with Crippen molar-refractivity contribution in [2.75, 3.05) is 6.26 Å². The Hall–Kier alpha value is -0.170. The van der Waals surface area contributed by atoms with E-state index >= 15 is 0 Å². The van der Waals surface area contributed by atoms with E-state index in [4.69, 9.17) is 9.84 Å². The summed E-state index contributed by atoms with van der Waals surface area (Å²) in [4.78, 5) is 0. The van der Waals surface area contributed by atoms with Crippen molar-refractivity contribution < 1.29 is 18.3 Å². The van der Waals surface area contributed by atoms with Gasteiger partial charge in [-0.15, -0.1) is 0 Å². The number of rotatable bonds is 2. The van der Waals surface area contributed by atoms with Gasteiger partial charge in [-0.2, -0.15) is 4.72 Å². The van der Waals surface area contributed by atoms with E-state index in [1.165, 1.54) is 0 Å². The monoisotopic (exact) mass is 181 g/mol. The summed E-state index contributed by atoms with van der Waals surface area (Å²) in [6.07, 6.45) is 0.678. The first-order valence-electron chi connectivity index (χ1n) is 3.28. The third kappa shape index (κ3) is 3.15. The van der Waals surface area contributed by atoms with Crippen LogP contribution in [0, 0.1) is 0 Å². The summed E-state index contributed by atoms with van der Waals surface area (Å²) in [6.45, 7) is 0. The maximum Gasteiger partial charge on any atom is 0.210 e. The van der Waals surface area contributed by atoms with E-state index in [1.54, 1.807) is 0 Å². The topological polar surface area (TPSA) is 75.6 Å². The fourth-order valence-electron chi connectivity index (χ4n) is 0.945. The zero-order valence-electron chi connectivity index (χ0n) is 6.15. The number of hydrogen-bond donors (Lipinski definition) is 2. The molecule has 2 N–H and O–H groups in total. The molecule has 0 bridgehead atoms. The van der Waals surface area contributed by atoms with Crippen LogP contribution in [0.2, 0.25) is 0 Å². The largest absolute Gasteiger partial charge is 0.368 e. The van der Waals surface area contributed by atoms with Gasteiger partial charge in [-0.1, -0.05) is 0 Å². The third-order valence-electron chi connectivity index (χ3n) is 1.34. The second kappa shape index (κ2) is 3.06. The van der Waals surface area contributed by atoms with E-state index in [1.807, 2.05) is 0 Å². The van der Waals surface area contributed by atoms with Crippen LogP contribution in [0.25, 0.3) is 0 Å². The highest BCUT2D eigenvalue weighted by molar-refractivity contribution is 7.88. The lowest BCUT2D eigenvalue weighted by Crippen LogP contribution is -2.33. The SMILES string of the molecule is CS(=O)(=O)N[C@@H]1CCC(O)O1. The lowest BCUT2D eigenvalue weighted by molar-refractivity contribution is -0.0924. The maximum absolute atomic E-state index is 10.6. The zero-order valence-corrected chi connectivity index (χ0v) is 6.97. The maximum atomic E-state index is 10.6. The highest BCUT2D eigenvalue weighted by Crippen LogP contribution is 2.15. The Bertz CT molecular complexity index is 225. The molecule has 0 aromatic heterocycles. The molecule has 2 atom stereocenters. The van der Waals surface area contributed by atoms with Crippen LogP contribution in [0.15, 0.2) is 0 Å². The molecule has 66 valence electrons. The molecule has 0 amide bonds. The summed E-state index contributed by atoms with van der Waals surface area (Å²) in [6, 6.07) is 0. The molecule has 1 rings (SSSR count). The Labute approximate surface area is 65.4 Å². The van der Waals surface area contributed by atoms with Crippen LogP contribution in [-0.4, -0.2) is 32.3 Å². The predicted octanol–water partition coefficient (Wildman–Crippen LogP) is -1.01. The van der Waals surface area contributed by atoms with Crippen molar-refractivity contribution in [3.05, 3.63) is 0 Å². The highest BCUT2D eigenvalue weighted by atomic mass is 32.2. The van der Waals surface area contributed by atoms with Crippen LogP contribution >= 0.6 is 0 Å². The number of nitrogens with one attached hydrogen (secondary N) is 1. The van der Waals surface area contributed by atoms with E-state index in [0.29, 0.717) is 12.8 Å². The molecule has 5 nitrogen and oxygen atoms in total. The number of hydrogen-bond acceptors (Lipinski definition) is 4. The van der Waals surface area contributed by atoms with Crippen molar-refractivity contribution >= 4 is 10.0 Å². The fourth-order valence-corrected chi connectivity index (χ4v) is 1.60. The van der Waals surface area contributed by atoms with Gasteiger partial charge in [-0.3, -0.25) is 0 Å². The van der Waals surface area contributed by atoms with Crippen LogP contribution in [0.3, 0.4) is 0 Å². The minimum absolute atomic E-state index is 0.479. The molecule has 1 heterocycles. The molecule has 1 unspecified atom stereocenters. The summed E-state index contributed by atoms with van der Waals surface area (Å²) in [5, 5.41) is 8.84. The number of sulfonamides is 1. The van der Waals surface area contributed by atoms with Gasteiger partial charge in [0, 0.05) is 6.42 Å². The minimum atomic E-state index is -3.22. The standard InChI is InChI=1S/C5H11NO4S/c1-11(8,9)6-4-2-3-5(7)10-4/h4-7H,2-3H2,1H3/t4-,5?/m0/s1. The van der Waals surface area contributed by atoms with E-state index in [2.05, 4.69) is 4.72 Å². The van der Waals surface area contributed by atoms with Crippen molar-refractivity contribution in [3.63, 3.8) is 0 Å². The molecule has 0 aromatic carbocycles.